The summed E-state index contributed by atoms with van der Waals surface area (Å²) < 4.78 is 0.331. The van der Waals surface area contributed by atoms with E-state index in [1.165, 1.54) is 6.07 Å². The number of carboxylic acid groups (broad SMARTS) is 2. The standard InChI is InChI=1S/C12H13BrO4/c1-12(2,3)7-5-4-6(10(14)15)8(9(7)13)11(16)17/h4-5H,1-3H3,(H,14,15)(H,16,17). The average Bonchev–Trinajstić information content (AvgIpc) is 2.13. The molecule has 17 heavy (non-hydrogen) atoms. The first-order chi connectivity index (χ1) is 7.66. The minimum Gasteiger partial charge on any atom is -0.478 e. The molecule has 0 radical (unpaired) electrons. The Morgan fingerprint density at radius 3 is 2.00 bits per heavy atom. The topological polar surface area (TPSA) is 74.6 Å². The van der Waals surface area contributed by atoms with E-state index in [0.29, 0.717) is 4.47 Å². The van der Waals surface area contributed by atoms with Crippen molar-refractivity contribution in [3.63, 3.8) is 0 Å². The molecule has 0 amide bonds. The van der Waals surface area contributed by atoms with E-state index in [2.05, 4.69) is 15.9 Å². The number of halogens is 1. The van der Waals surface area contributed by atoms with Gasteiger partial charge in [0.15, 0.2) is 0 Å². The van der Waals surface area contributed by atoms with Crippen molar-refractivity contribution in [2.24, 2.45) is 0 Å². The van der Waals surface area contributed by atoms with Gasteiger partial charge in [0.05, 0.1) is 11.1 Å². The molecule has 0 fully saturated rings. The highest BCUT2D eigenvalue weighted by Crippen LogP contribution is 2.33. The molecule has 0 aliphatic heterocycles. The Morgan fingerprint density at radius 2 is 1.65 bits per heavy atom. The molecule has 0 aromatic heterocycles. The molecule has 4 nitrogen and oxygen atoms in total. The van der Waals surface area contributed by atoms with Crippen LogP contribution < -0.4 is 0 Å². The first-order valence-corrected chi connectivity index (χ1v) is 5.75. The Kier molecular flexibility index (Phi) is 3.62. The summed E-state index contributed by atoms with van der Waals surface area (Å²) in [5.41, 5.74) is 0.0854. The quantitative estimate of drug-likeness (QED) is 0.880. The molecule has 92 valence electrons. The van der Waals surface area contributed by atoms with E-state index in [1.807, 2.05) is 20.8 Å². The predicted octanol–water partition coefficient (Wildman–Crippen LogP) is 3.14. The van der Waals surface area contributed by atoms with E-state index in [0.717, 1.165) is 5.56 Å². The highest BCUT2D eigenvalue weighted by molar-refractivity contribution is 9.10. The van der Waals surface area contributed by atoms with Crippen molar-refractivity contribution in [1.82, 2.24) is 0 Å². The summed E-state index contributed by atoms with van der Waals surface area (Å²) in [5.74, 6) is -2.50. The molecule has 0 aliphatic carbocycles. The smallest absolute Gasteiger partial charge is 0.337 e. The summed E-state index contributed by atoms with van der Waals surface area (Å²) in [6, 6.07) is 2.97. The van der Waals surface area contributed by atoms with E-state index in [4.69, 9.17) is 10.2 Å². The lowest BCUT2D eigenvalue weighted by Gasteiger charge is -2.22. The third kappa shape index (κ3) is 2.66. The van der Waals surface area contributed by atoms with Crippen molar-refractivity contribution in [3.8, 4) is 0 Å². The highest BCUT2D eigenvalue weighted by atomic mass is 79.9. The third-order valence-corrected chi connectivity index (χ3v) is 3.22. The SMILES string of the molecule is CC(C)(C)c1ccc(C(=O)O)c(C(=O)O)c1Br. The molecular weight excluding hydrogens is 288 g/mol. The molecule has 1 aromatic carbocycles. The zero-order valence-corrected chi connectivity index (χ0v) is 11.3. The lowest BCUT2D eigenvalue weighted by molar-refractivity contribution is 0.0650. The molecule has 1 rings (SSSR count). The number of aromatic carboxylic acids is 2. The number of carboxylic acids is 2. The summed E-state index contributed by atoms with van der Waals surface area (Å²) in [5, 5.41) is 18.0. The summed E-state index contributed by atoms with van der Waals surface area (Å²) in [4.78, 5) is 22.1. The molecule has 0 saturated carbocycles. The van der Waals surface area contributed by atoms with Crippen LogP contribution in [0.2, 0.25) is 0 Å². The molecule has 0 atom stereocenters. The van der Waals surface area contributed by atoms with Crippen LogP contribution in [0.15, 0.2) is 16.6 Å². The minimum atomic E-state index is -1.25. The molecule has 0 unspecified atom stereocenters. The first kappa shape index (κ1) is 13.7. The second-order valence-electron chi connectivity index (χ2n) is 4.71. The van der Waals surface area contributed by atoms with Crippen LogP contribution in [0.25, 0.3) is 0 Å². The molecule has 5 heteroatoms. The van der Waals surface area contributed by atoms with Crippen molar-refractivity contribution < 1.29 is 19.8 Å². The van der Waals surface area contributed by atoms with Crippen molar-refractivity contribution >= 4 is 27.9 Å². The monoisotopic (exact) mass is 300 g/mol. The zero-order chi connectivity index (χ0) is 13.4. The highest BCUT2D eigenvalue weighted by Gasteiger charge is 2.26. The third-order valence-electron chi connectivity index (χ3n) is 2.39. The molecular formula is C12H13BrO4. The van der Waals surface area contributed by atoms with Crippen LogP contribution in [0, 0.1) is 0 Å². The first-order valence-electron chi connectivity index (χ1n) is 4.96. The van der Waals surface area contributed by atoms with E-state index >= 15 is 0 Å². The summed E-state index contributed by atoms with van der Waals surface area (Å²) in [6.45, 7) is 5.79. The second kappa shape index (κ2) is 4.49. The van der Waals surface area contributed by atoms with Gasteiger partial charge in [-0.05, 0) is 33.0 Å². The lowest BCUT2D eigenvalue weighted by atomic mass is 9.85. The number of rotatable bonds is 2. The Labute approximate surface area is 107 Å². The van der Waals surface area contributed by atoms with Crippen LogP contribution >= 0.6 is 15.9 Å². The normalized spacial score (nSPS) is 11.3. The van der Waals surface area contributed by atoms with Crippen LogP contribution in [0.1, 0.15) is 47.1 Å². The van der Waals surface area contributed by atoms with Gasteiger partial charge in [-0.1, -0.05) is 26.8 Å². The summed E-state index contributed by atoms with van der Waals surface area (Å²) in [7, 11) is 0. The van der Waals surface area contributed by atoms with Gasteiger partial charge in [-0.2, -0.15) is 0 Å². The summed E-state index contributed by atoms with van der Waals surface area (Å²) in [6.07, 6.45) is 0. The Morgan fingerprint density at radius 1 is 1.12 bits per heavy atom. The van der Waals surface area contributed by atoms with Gasteiger partial charge in [-0.3, -0.25) is 0 Å². The van der Waals surface area contributed by atoms with Crippen LogP contribution in [-0.2, 0) is 5.41 Å². The van der Waals surface area contributed by atoms with Gasteiger partial charge in [-0.15, -0.1) is 0 Å². The number of hydrogen-bond donors (Lipinski definition) is 2. The summed E-state index contributed by atoms with van der Waals surface area (Å²) >= 11 is 3.19. The van der Waals surface area contributed by atoms with E-state index in [1.54, 1.807) is 6.07 Å². The van der Waals surface area contributed by atoms with Crippen LogP contribution in [0.4, 0.5) is 0 Å². The fourth-order valence-electron chi connectivity index (χ4n) is 1.54. The van der Waals surface area contributed by atoms with Gasteiger partial charge in [-0.25, -0.2) is 9.59 Å². The lowest BCUT2D eigenvalue weighted by Crippen LogP contribution is -2.17. The molecule has 2 N–H and O–H groups in total. The number of hydrogen-bond acceptors (Lipinski definition) is 2. The maximum absolute atomic E-state index is 11.1. The van der Waals surface area contributed by atoms with Crippen molar-refractivity contribution in [3.05, 3.63) is 33.3 Å². The molecule has 1 aromatic rings. The van der Waals surface area contributed by atoms with Gasteiger partial charge in [0.1, 0.15) is 0 Å². The Balaban J connectivity index is 3.61. The molecule has 0 spiro atoms. The van der Waals surface area contributed by atoms with Crippen LogP contribution in [-0.4, -0.2) is 22.2 Å². The fourth-order valence-corrected chi connectivity index (χ4v) is 2.65. The minimum absolute atomic E-state index is 0.204. The van der Waals surface area contributed by atoms with Crippen molar-refractivity contribution in [2.75, 3.05) is 0 Å². The maximum atomic E-state index is 11.1. The molecule has 0 bridgehead atoms. The van der Waals surface area contributed by atoms with Gasteiger partial charge in [0, 0.05) is 4.47 Å². The largest absolute Gasteiger partial charge is 0.478 e. The van der Waals surface area contributed by atoms with Crippen LogP contribution in [0.5, 0.6) is 0 Å². The molecule has 0 aliphatic rings. The molecule has 0 saturated heterocycles. The van der Waals surface area contributed by atoms with Gasteiger partial charge in [0.2, 0.25) is 0 Å². The van der Waals surface area contributed by atoms with E-state index in [9.17, 15) is 9.59 Å². The predicted molar refractivity (Wildman–Crippen MR) is 66.8 cm³/mol. The van der Waals surface area contributed by atoms with Crippen LogP contribution in [0.3, 0.4) is 0 Å². The Hall–Kier alpha value is -1.36. The van der Waals surface area contributed by atoms with Gasteiger partial charge >= 0.3 is 11.9 Å². The van der Waals surface area contributed by atoms with Crippen molar-refractivity contribution in [2.45, 2.75) is 26.2 Å². The van der Waals surface area contributed by atoms with Gasteiger partial charge in [0.25, 0.3) is 0 Å². The average molecular weight is 301 g/mol. The maximum Gasteiger partial charge on any atom is 0.337 e. The Bertz CT molecular complexity index is 486. The number of carbonyl (C=O) groups is 2. The molecule has 0 heterocycles. The van der Waals surface area contributed by atoms with E-state index < -0.39 is 11.9 Å². The van der Waals surface area contributed by atoms with Crippen molar-refractivity contribution in [1.29, 1.82) is 0 Å². The number of benzene rings is 1. The van der Waals surface area contributed by atoms with E-state index in [-0.39, 0.29) is 16.5 Å². The fraction of sp³-hybridized carbons (Fsp3) is 0.333. The zero-order valence-electron chi connectivity index (χ0n) is 9.74. The van der Waals surface area contributed by atoms with Gasteiger partial charge < -0.3 is 10.2 Å². The second-order valence-corrected chi connectivity index (χ2v) is 5.50.